The second-order valence-electron chi connectivity index (χ2n) is 12.6. The second-order valence-corrected chi connectivity index (χ2v) is 12.6. The summed E-state index contributed by atoms with van der Waals surface area (Å²) in [5.41, 5.74) is 2.04. The van der Waals surface area contributed by atoms with Gasteiger partial charge in [0.2, 0.25) is 0 Å². The Hall–Kier alpha value is -1.16. The maximum absolute atomic E-state index is 12.6. The molecule has 0 spiro atoms. The van der Waals surface area contributed by atoms with E-state index < -0.39 is 0 Å². The molecule has 4 fully saturated rings. The van der Waals surface area contributed by atoms with E-state index >= 15 is 0 Å². The van der Waals surface area contributed by atoms with Crippen molar-refractivity contribution in [2.24, 2.45) is 34.5 Å². The van der Waals surface area contributed by atoms with Crippen molar-refractivity contribution in [2.75, 3.05) is 19.6 Å². The molecular weight excluding hydrogens is 410 g/mol. The van der Waals surface area contributed by atoms with E-state index in [1.165, 1.54) is 38.5 Å². The average molecular weight is 456 g/mol. The SMILES string of the molecule is CC(=O)[C@@H]1CC[C@@H]2[C@@H]3CC=C4C[C@@H](OC(=O)CCN5CCCCC5)CC[C@]4(C)[C@H]3CC[C@@]21C. The third kappa shape index (κ3) is 4.23. The highest BCUT2D eigenvalue weighted by Crippen LogP contribution is 2.66. The number of hydrogen-bond acceptors (Lipinski definition) is 4. The summed E-state index contributed by atoms with van der Waals surface area (Å²) in [7, 11) is 0. The molecule has 7 atom stereocenters. The van der Waals surface area contributed by atoms with Crippen molar-refractivity contribution >= 4 is 11.8 Å². The van der Waals surface area contributed by atoms with Crippen LogP contribution in [0.4, 0.5) is 0 Å². The van der Waals surface area contributed by atoms with Crippen LogP contribution in [0, 0.1) is 34.5 Å². The highest BCUT2D eigenvalue weighted by atomic mass is 16.5. The molecular formula is C29H45NO3. The highest BCUT2D eigenvalue weighted by Gasteiger charge is 2.59. The van der Waals surface area contributed by atoms with Crippen LogP contribution < -0.4 is 0 Å². The van der Waals surface area contributed by atoms with Crippen LogP contribution in [0.2, 0.25) is 0 Å². The number of nitrogens with zero attached hydrogens (tertiary/aromatic N) is 1. The molecule has 0 aromatic heterocycles. The predicted molar refractivity (Wildman–Crippen MR) is 131 cm³/mol. The Labute approximate surface area is 200 Å². The Bertz CT molecular complexity index is 799. The summed E-state index contributed by atoms with van der Waals surface area (Å²) < 4.78 is 5.99. The Morgan fingerprint density at radius 1 is 1.03 bits per heavy atom. The zero-order chi connectivity index (χ0) is 23.2. The lowest BCUT2D eigenvalue weighted by molar-refractivity contribution is -0.152. The van der Waals surface area contributed by atoms with Gasteiger partial charge >= 0.3 is 5.97 Å². The first-order valence-corrected chi connectivity index (χ1v) is 13.9. The number of allylic oxidation sites excluding steroid dienone is 1. The number of fused-ring (bicyclic) bond motifs is 5. The van der Waals surface area contributed by atoms with E-state index in [-0.39, 0.29) is 28.8 Å². The molecule has 1 aliphatic heterocycles. The minimum atomic E-state index is -0.00174. The number of Topliss-reactive ketones (excluding diaryl/α,β-unsaturated/α-hetero) is 1. The molecule has 33 heavy (non-hydrogen) atoms. The standard InChI is InChI=1S/C29H45NO3/c1-20(31)24-9-10-25-23-8-7-21-19-22(33-27(32)13-18-30-16-5-4-6-17-30)11-14-28(21,2)26(23)12-15-29(24,25)3/h7,22-26H,4-6,8-19H2,1-3H3/t22-,23-,24-,25+,26-,28-,29+/m0/s1. The fraction of sp³-hybridized carbons (Fsp3) is 0.862. The van der Waals surface area contributed by atoms with Gasteiger partial charge in [0.1, 0.15) is 11.9 Å². The summed E-state index contributed by atoms with van der Waals surface area (Å²) in [5.74, 6) is 2.85. The number of carbonyl (C=O) groups excluding carboxylic acids is 2. The van der Waals surface area contributed by atoms with Gasteiger partial charge in [-0.25, -0.2) is 0 Å². The number of piperidine rings is 1. The van der Waals surface area contributed by atoms with E-state index in [9.17, 15) is 9.59 Å². The lowest BCUT2D eigenvalue weighted by Crippen LogP contribution is -2.51. The zero-order valence-electron chi connectivity index (χ0n) is 21.2. The molecule has 5 rings (SSSR count). The van der Waals surface area contributed by atoms with E-state index in [0.717, 1.165) is 63.6 Å². The van der Waals surface area contributed by atoms with E-state index in [4.69, 9.17) is 4.74 Å². The van der Waals surface area contributed by atoms with Gasteiger partial charge in [-0.2, -0.15) is 0 Å². The summed E-state index contributed by atoms with van der Waals surface area (Å²) in [6.45, 7) is 9.88. The third-order valence-corrected chi connectivity index (χ3v) is 10.9. The van der Waals surface area contributed by atoms with Crippen LogP contribution in [0.3, 0.4) is 0 Å². The number of carbonyl (C=O) groups is 2. The summed E-state index contributed by atoms with van der Waals surface area (Å²) in [6, 6.07) is 0. The first-order chi connectivity index (χ1) is 15.8. The fourth-order valence-corrected chi connectivity index (χ4v) is 9.07. The van der Waals surface area contributed by atoms with E-state index in [1.807, 2.05) is 6.92 Å². The van der Waals surface area contributed by atoms with Gasteiger partial charge in [0, 0.05) is 18.9 Å². The Morgan fingerprint density at radius 3 is 2.58 bits per heavy atom. The van der Waals surface area contributed by atoms with Crippen LogP contribution in [0.1, 0.15) is 97.8 Å². The first kappa shape index (κ1) is 23.6. The largest absolute Gasteiger partial charge is 0.462 e. The number of ether oxygens (including phenoxy) is 1. The van der Waals surface area contributed by atoms with E-state index in [2.05, 4.69) is 24.8 Å². The van der Waals surface area contributed by atoms with Gasteiger partial charge in [0.25, 0.3) is 0 Å². The van der Waals surface area contributed by atoms with Crippen molar-refractivity contribution in [3.63, 3.8) is 0 Å². The number of likely N-dealkylation sites (tertiary alicyclic amines) is 1. The molecule has 0 aromatic carbocycles. The molecule has 184 valence electrons. The number of rotatable bonds is 5. The maximum Gasteiger partial charge on any atom is 0.307 e. The molecule has 4 heteroatoms. The van der Waals surface area contributed by atoms with Gasteiger partial charge in [-0.05, 0) is 106 Å². The van der Waals surface area contributed by atoms with Crippen molar-refractivity contribution in [3.8, 4) is 0 Å². The highest BCUT2D eigenvalue weighted by molar-refractivity contribution is 5.79. The predicted octanol–water partition coefficient (Wildman–Crippen LogP) is 5.94. The van der Waals surface area contributed by atoms with Crippen LogP contribution in [-0.2, 0) is 14.3 Å². The minimum absolute atomic E-state index is 0.00174. The van der Waals surface area contributed by atoms with Crippen LogP contribution >= 0.6 is 0 Å². The van der Waals surface area contributed by atoms with Crippen molar-refractivity contribution in [3.05, 3.63) is 11.6 Å². The lowest BCUT2D eigenvalue weighted by Gasteiger charge is -2.58. The molecule has 0 unspecified atom stereocenters. The fourth-order valence-electron chi connectivity index (χ4n) is 9.07. The monoisotopic (exact) mass is 455 g/mol. The van der Waals surface area contributed by atoms with Gasteiger partial charge < -0.3 is 9.64 Å². The molecule has 0 radical (unpaired) electrons. The molecule has 5 aliphatic rings. The Morgan fingerprint density at radius 2 is 1.82 bits per heavy atom. The van der Waals surface area contributed by atoms with Gasteiger partial charge in [-0.15, -0.1) is 0 Å². The molecule has 0 aromatic rings. The Balaban J connectivity index is 1.21. The smallest absolute Gasteiger partial charge is 0.307 e. The normalized spacial score (nSPS) is 43.1. The number of hydrogen-bond donors (Lipinski definition) is 0. The van der Waals surface area contributed by atoms with E-state index in [0.29, 0.717) is 18.1 Å². The Kier molecular flexibility index (Phi) is 6.52. The van der Waals surface area contributed by atoms with E-state index in [1.54, 1.807) is 5.57 Å². The molecule has 0 amide bonds. The third-order valence-electron chi connectivity index (χ3n) is 10.9. The molecule has 4 nitrogen and oxygen atoms in total. The summed E-state index contributed by atoms with van der Waals surface area (Å²) in [4.78, 5) is 27.4. The lowest BCUT2D eigenvalue weighted by atomic mass is 9.47. The zero-order valence-corrected chi connectivity index (χ0v) is 21.2. The summed E-state index contributed by atoms with van der Waals surface area (Å²) in [5, 5.41) is 0. The number of ketones is 1. The van der Waals surface area contributed by atoms with Crippen LogP contribution in [0.5, 0.6) is 0 Å². The topological polar surface area (TPSA) is 46.6 Å². The van der Waals surface area contributed by atoms with Crippen molar-refractivity contribution in [1.82, 2.24) is 4.90 Å². The van der Waals surface area contributed by atoms with Gasteiger partial charge in [0.05, 0.1) is 6.42 Å². The molecule has 0 bridgehead atoms. The average Bonchev–Trinajstić information content (AvgIpc) is 3.16. The first-order valence-electron chi connectivity index (χ1n) is 13.9. The quantitative estimate of drug-likeness (QED) is 0.380. The second kappa shape index (κ2) is 9.13. The maximum atomic E-state index is 12.6. The van der Waals surface area contributed by atoms with Crippen LogP contribution in [-0.4, -0.2) is 42.4 Å². The molecule has 1 saturated heterocycles. The van der Waals surface area contributed by atoms with Crippen LogP contribution in [0.25, 0.3) is 0 Å². The summed E-state index contributed by atoms with van der Waals surface area (Å²) >= 11 is 0. The van der Waals surface area contributed by atoms with Crippen molar-refractivity contribution in [1.29, 1.82) is 0 Å². The molecule has 0 N–H and O–H groups in total. The van der Waals surface area contributed by atoms with Crippen molar-refractivity contribution < 1.29 is 14.3 Å². The van der Waals surface area contributed by atoms with Crippen molar-refractivity contribution in [2.45, 2.75) is 104 Å². The van der Waals surface area contributed by atoms with Gasteiger partial charge in [0.15, 0.2) is 0 Å². The minimum Gasteiger partial charge on any atom is -0.462 e. The van der Waals surface area contributed by atoms with Crippen LogP contribution in [0.15, 0.2) is 11.6 Å². The number of esters is 1. The molecule has 3 saturated carbocycles. The van der Waals surface area contributed by atoms with Gasteiger partial charge in [-0.1, -0.05) is 31.9 Å². The molecule has 4 aliphatic carbocycles. The molecule has 1 heterocycles. The summed E-state index contributed by atoms with van der Waals surface area (Å²) in [6.07, 6.45) is 16.0. The van der Waals surface area contributed by atoms with Gasteiger partial charge in [-0.3, -0.25) is 9.59 Å².